The van der Waals surface area contributed by atoms with E-state index in [1.807, 2.05) is 42.5 Å². The van der Waals surface area contributed by atoms with Crippen LogP contribution in [0.15, 0.2) is 66.7 Å². The maximum Gasteiger partial charge on any atom is 0.327 e. The molecular weight excluding hydrogens is 481 g/mol. The molecule has 186 valence electrons. The second-order valence-corrected chi connectivity index (χ2v) is 10.0. The van der Waals surface area contributed by atoms with Gasteiger partial charge in [-0.3, -0.25) is 25.1 Å². The van der Waals surface area contributed by atoms with Crippen molar-refractivity contribution in [2.24, 2.45) is 5.92 Å². The van der Waals surface area contributed by atoms with Crippen molar-refractivity contribution in [3.63, 3.8) is 0 Å². The predicted octanol–water partition coefficient (Wildman–Crippen LogP) is 3.33. The number of fused-ring (bicyclic) bond motifs is 2. The second-order valence-electron chi connectivity index (χ2n) is 8.89. The van der Waals surface area contributed by atoms with E-state index in [4.69, 9.17) is 0 Å². The molecule has 8 nitrogen and oxygen atoms in total. The summed E-state index contributed by atoms with van der Waals surface area (Å²) in [6.45, 7) is 0. The maximum atomic E-state index is 13.5. The summed E-state index contributed by atoms with van der Waals surface area (Å²) in [5.74, 6) is -1.41. The highest BCUT2D eigenvalue weighted by Gasteiger charge is 2.51. The van der Waals surface area contributed by atoms with Crippen LogP contribution in [-0.2, 0) is 9.59 Å². The molecule has 2 aliphatic heterocycles. The Bertz CT molecular complexity index is 1320. The van der Waals surface area contributed by atoms with Gasteiger partial charge in [0.25, 0.3) is 0 Å². The summed E-state index contributed by atoms with van der Waals surface area (Å²) in [5.41, 5.74) is 1.48. The zero-order valence-corrected chi connectivity index (χ0v) is 20.6. The zero-order chi connectivity index (χ0) is 25.4. The van der Waals surface area contributed by atoms with Crippen LogP contribution in [0.1, 0.15) is 11.7 Å². The van der Waals surface area contributed by atoms with Crippen molar-refractivity contribution in [3.8, 4) is 0 Å². The largest absolute Gasteiger partial charge is 0.327 e. The van der Waals surface area contributed by atoms with Gasteiger partial charge in [-0.15, -0.1) is 11.8 Å². The number of benzene rings is 3. The van der Waals surface area contributed by atoms with Crippen LogP contribution in [0.5, 0.6) is 0 Å². The average molecular weight is 508 g/mol. The van der Waals surface area contributed by atoms with Gasteiger partial charge in [-0.05, 0) is 29.1 Å². The third-order valence-corrected chi connectivity index (χ3v) is 7.83. The van der Waals surface area contributed by atoms with Gasteiger partial charge in [0.15, 0.2) is 0 Å². The van der Waals surface area contributed by atoms with E-state index in [1.165, 1.54) is 35.8 Å². The molecule has 0 radical (unpaired) electrons. The van der Waals surface area contributed by atoms with Gasteiger partial charge in [0.2, 0.25) is 11.8 Å². The number of rotatable bonds is 5. The molecule has 2 heterocycles. The topological polar surface area (TPSA) is 93.8 Å². The van der Waals surface area contributed by atoms with Crippen molar-refractivity contribution >= 4 is 46.1 Å². The molecule has 2 fully saturated rings. The van der Waals surface area contributed by atoms with Crippen molar-refractivity contribution < 1.29 is 18.8 Å². The lowest BCUT2D eigenvalue weighted by molar-refractivity contribution is -0.140. The van der Waals surface area contributed by atoms with Crippen molar-refractivity contribution in [2.75, 3.05) is 25.2 Å². The fraction of sp³-hybridized carbons (Fsp3) is 0.269. The third-order valence-electron chi connectivity index (χ3n) is 6.62. The normalized spacial score (nSPS) is 24.1. The van der Waals surface area contributed by atoms with E-state index in [-0.39, 0.29) is 23.4 Å². The smallest absolute Gasteiger partial charge is 0.325 e. The van der Waals surface area contributed by atoms with Gasteiger partial charge in [0.05, 0.1) is 29.4 Å². The van der Waals surface area contributed by atoms with Crippen LogP contribution in [-0.4, -0.2) is 59.0 Å². The fourth-order valence-electron chi connectivity index (χ4n) is 4.73. The first-order valence-electron chi connectivity index (χ1n) is 11.5. The molecule has 2 saturated heterocycles. The van der Waals surface area contributed by atoms with Crippen molar-refractivity contribution in [2.45, 2.75) is 17.7 Å². The molecule has 0 aliphatic carbocycles. The molecule has 0 saturated carbocycles. The zero-order valence-electron chi connectivity index (χ0n) is 19.8. The predicted molar refractivity (Wildman–Crippen MR) is 137 cm³/mol. The number of carbonyl (C=O) groups is 3. The number of hydrogen-bond acceptors (Lipinski definition) is 6. The van der Waals surface area contributed by atoms with E-state index in [2.05, 4.69) is 16.0 Å². The number of hydrogen-bond donors (Lipinski definition) is 3. The second kappa shape index (κ2) is 9.88. The molecule has 0 aromatic heterocycles. The molecule has 0 bridgehead atoms. The Labute approximate surface area is 212 Å². The lowest BCUT2D eigenvalue weighted by Crippen LogP contribution is -2.72. The van der Waals surface area contributed by atoms with Crippen LogP contribution < -0.4 is 16.0 Å². The van der Waals surface area contributed by atoms with Gasteiger partial charge in [0, 0.05) is 25.2 Å². The van der Waals surface area contributed by atoms with Crippen LogP contribution in [0.4, 0.5) is 14.9 Å². The first-order valence-corrected chi connectivity index (χ1v) is 12.6. The maximum absolute atomic E-state index is 13.5. The van der Waals surface area contributed by atoms with Crippen molar-refractivity contribution in [3.05, 3.63) is 78.1 Å². The molecular formula is C26H26FN5O3S. The first kappa shape index (κ1) is 24.2. The number of nitrogens with zero attached hydrogens (tertiary/aromatic N) is 2. The van der Waals surface area contributed by atoms with Gasteiger partial charge in [-0.25, -0.2) is 9.18 Å². The summed E-state index contributed by atoms with van der Waals surface area (Å²) in [5, 5.41) is 11.2. The third kappa shape index (κ3) is 4.55. The number of anilines is 1. The molecule has 4 amide bonds. The molecule has 4 unspecified atom stereocenters. The summed E-state index contributed by atoms with van der Waals surface area (Å²) < 4.78 is 13.5. The molecule has 3 N–H and O–H groups in total. The number of thioether (sulfide) groups is 1. The Morgan fingerprint density at radius 2 is 1.72 bits per heavy atom. The molecule has 4 atom stereocenters. The van der Waals surface area contributed by atoms with Crippen LogP contribution in [0, 0.1) is 11.7 Å². The lowest BCUT2D eigenvalue weighted by atomic mass is 9.96. The van der Waals surface area contributed by atoms with Gasteiger partial charge in [0.1, 0.15) is 5.82 Å². The van der Waals surface area contributed by atoms with Crippen LogP contribution in [0.3, 0.4) is 0 Å². The van der Waals surface area contributed by atoms with E-state index in [0.29, 0.717) is 0 Å². The monoisotopic (exact) mass is 507 g/mol. The molecule has 36 heavy (non-hydrogen) atoms. The molecule has 3 aromatic carbocycles. The molecule has 10 heteroatoms. The number of nitrogens with one attached hydrogen (secondary N) is 3. The van der Waals surface area contributed by atoms with Crippen LogP contribution >= 0.6 is 11.8 Å². The minimum Gasteiger partial charge on any atom is -0.325 e. The van der Waals surface area contributed by atoms with Crippen molar-refractivity contribution in [1.82, 2.24) is 20.4 Å². The summed E-state index contributed by atoms with van der Waals surface area (Å²) in [7, 11) is 3.09. The summed E-state index contributed by atoms with van der Waals surface area (Å²) in [6.07, 6.45) is -1.03. The van der Waals surface area contributed by atoms with E-state index >= 15 is 0 Å². The molecule has 2 aliphatic rings. The number of urea groups is 1. The van der Waals surface area contributed by atoms with E-state index in [9.17, 15) is 18.8 Å². The fourth-order valence-corrected chi connectivity index (χ4v) is 5.84. The standard InChI is InChI=1S/C26H26FN5O3S/c1-31-23-21(25(34)32(2)26(31)35)24(30-22(29-23)16-10-12-17(27)13-11-16)36-14-20(33)28-19-9-5-7-15-6-3-4-8-18(15)19/h3-13,21-24,29-30H,14H2,1-2H3,(H,28,33). The molecule has 3 aromatic rings. The van der Waals surface area contributed by atoms with E-state index in [0.717, 1.165) is 26.9 Å². The van der Waals surface area contributed by atoms with Crippen LogP contribution in [0.2, 0.25) is 0 Å². The highest BCUT2D eigenvalue weighted by atomic mass is 32.2. The van der Waals surface area contributed by atoms with E-state index in [1.54, 1.807) is 19.2 Å². The minimum absolute atomic E-state index is 0.0922. The van der Waals surface area contributed by atoms with E-state index < -0.39 is 29.7 Å². The Hall–Kier alpha value is -3.47. The lowest BCUT2D eigenvalue weighted by Gasteiger charge is -2.50. The Morgan fingerprint density at radius 3 is 2.50 bits per heavy atom. The summed E-state index contributed by atoms with van der Waals surface area (Å²) in [4.78, 5) is 41.3. The van der Waals surface area contributed by atoms with Crippen LogP contribution in [0.25, 0.3) is 10.8 Å². The number of halogens is 1. The number of carbonyl (C=O) groups excluding carboxylic acids is 3. The van der Waals surface area contributed by atoms with Crippen molar-refractivity contribution in [1.29, 1.82) is 0 Å². The highest BCUT2D eigenvalue weighted by molar-refractivity contribution is 8.00. The molecule has 0 spiro atoms. The van der Waals surface area contributed by atoms with Gasteiger partial charge in [-0.1, -0.05) is 48.5 Å². The quantitative estimate of drug-likeness (QED) is 0.491. The summed E-state index contributed by atoms with van der Waals surface area (Å²) >= 11 is 1.30. The number of amides is 4. The Morgan fingerprint density at radius 1 is 1.00 bits per heavy atom. The molecule has 5 rings (SSSR count). The van der Waals surface area contributed by atoms with Gasteiger partial charge < -0.3 is 10.2 Å². The Balaban J connectivity index is 1.36. The average Bonchev–Trinajstić information content (AvgIpc) is 2.89. The highest BCUT2D eigenvalue weighted by Crippen LogP contribution is 2.34. The minimum atomic E-state index is -0.621. The first-order chi connectivity index (χ1) is 17.3. The van der Waals surface area contributed by atoms with Gasteiger partial charge in [-0.2, -0.15) is 0 Å². The SMILES string of the molecule is CN1C(=O)C2C(SCC(=O)Nc3cccc4ccccc34)NC(c3ccc(F)cc3)NC2N(C)C1=O. The Kier molecular flexibility index (Phi) is 6.65. The van der Waals surface area contributed by atoms with Gasteiger partial charge >= 0.3 is 6.03 Å². The number of imide groups is 1. The summed E-state index contributed by atoms with van der Waals surface area (Å²) in [6, 6.07) is 19.1.